The van der Waals surface area contributed by atoms with Crippen LogP contribution < -0.4 is 4.74 Å². The van der Waals surface area contributed by atoms with Crippen LogP contribution in [-0.2, 0) is 10.7 Å². The van der Waals surface area contributed by atoms with Crippen LogP contribution in [0, 0.1) is 3.57 Å². The maximum absolute atomic E-state index is 10.5. The second-order valence-corrected chi connectivity index (χ2v) is 5.98. The fraction of sp³-hybridized carbons (Fsp3) is 0.143. The summed E-state index contributed by atoms with van der Waals surface area (Å²) in [5, 5.41) is 9.15. The highest BCUT2D eigenvalue weighted by Crippen LogP contribution is 2.30. The fourth-order valence-electron chi connectivity index (χ4n) is 0.750. The van der Waals surface area contributed by atoms with E-state index in [0.717, 1.165) is 0 Å². The van der Waals surface area contributed by atoms with Crippen molar-refractivity contribution in [1.29, 1.82) is 0 Å². The van der Waals surface area contributed by atoms with Crippen molar-refractivity contribution in [3.8, 4) is 11.5 Å². The zero-order chi connectivity index (χ0) is 13.6. The van der Waals surface area contributed by atoms with Crippen molar-refractivity contribution in [2.75, 3.05) is 7.11 Å². The van der Waals surface area contributed by atoms with E-state index in [2.05, 4.69) is 0 Å². The summed E-state index contributed by atoms with van der Waals surface area (Å²) in [6, 6.07) is 4.10. The Kier molecular flexibility index (Phi) is 6.57. The first-order valence-electron chi connectivity index (χ1n) is 3.85. The van der Waals surface area contributed by atoms with Gasteiger partial charge in [-0.3, -0.25) is 0 Å². The molecule has 0 bridgehead atoms. The van der Waals surface area contributed by atoms with Gasteiger partial charge < -0.3 is 24.5 Å². The lowest BCUT2D eigenvalue weighted by Crippen LogP contribution is -1.83. The average molecular weight is 380 g/mol. The van der Waals surface area contributed by atoms with Crippen LogP contribution in [0.1, 0.15) is 0 Å². The number of aromatic hydroxyl groups is 1. The maximum Gasteiger partial charge on any atom is 0.466 e. The molecular formula is C7H10IO8P. The van der Waals surface area contributed by atoms with Crippen molar-refractivity contribution in [2.45, 2.75) is 0 Å². The summed E-state index contributed by atoms with van der Waals surface area (Å²) >= 11 is -3.57. The number of hydrogen-bond donors (Lipinski definition) is 4. The molecule has 0 aliphatic carbocycles. The van der Waals surface area contributed by atoms with Gasteiger partial charge in [-0.05, 0) is 12.1 Å². The predicted octanol–water partition coefficient (Wildman–Crippen LogP) is 0.839. The van der Waals surface area contributed by atoms with Crippen LogP contribution in [0.4, 0.5) is 0 Å². The fourth-order valence-corrected chi connectivity index (χ4v) is 1.83. The van der Waals surface area contributed by atoms with Crippen LogP contribution in [0.15, 0.2) is 18.2 Å². The van der Waals surface area contributed by atoms with Crippen LogP contribution in [0.2, 0.25) is 0 Å². The van der Waals surface area contributed by atoms with Gasteiger partial charge in [-0.25, -0.2) is 10.7 Å². The molecule has 0 radical (unpaired) electrons. The van der Waals surface area contributed by atoms with Crippen molar-refractivity contribution in [3.05, 3.63) is 21.8 Å². The number of rotatable bonds is 2. The van der Waals surface area contributed by atoms with Gasteiger partial charge in [0.1, 0.15) is 15.1 Å². The molecule has 10 heteroatoms. The van der Waals surface area contributed by atoms with E-state index >= 15 is 0 Å². The molecule has 1 aromatic carbocycles. The zero-order valence-electron chi connectivity index (χ0n) is 8.48. The number of benzene rings is 1. The van der Waals surface area contributed by atoms with E-state index in [9.17, 15) is 6.14 Å². The third-order valence-corrected chi connectivity index (χ3v) is 3.18. The Bertz CT molecular complexity index is 474. The van der Waals surface area contributed by atoms with E-state index < -0.39 is 27.6 Å². The molecular weight excluding hydrogens is 370 g/mol. The van der Waals surface area contributed by atoms with Crippen molar-refractivity contribution in [2.24, 2.45) is 0 Å². The molecule has 0 aromatic heterocycles. The van der Waals surface area contributed by atoms with E-state index in [1.54, 1.807) is 0 Å². The third-order valence-electron chi connectivity index (χ3n) is 1.32. The number of methoxy groups -OCH3 is 1. The van der Waals surface area contributed by atoms with E-state index in [1.165, 1.54) is 25.3 Å². The molecule has 0 saturated heterocycles. The smallest absolute Gasteiger partial charge is 0.466 e. The van der Waals surface area contributed by atoms with Crippen LogP contribution in [-0.4, -0.2) is 26.9 Å². The molecule has 0 saturated carbocycles. The molecule has 0 aliphatic rings. The maximum atomic E-state index is 10.5. The number of halogens is 1. The minimum atomic E-state index is -4.64. The highest BCUT2D eigenvalue weighted by molar-refractivity contribution is 14.2. The molecule has 1 rings (SSSR count). The normalized spacial score (nSPS) is 10.6. The molecule has 0 atom stereocenters. The van der Waals surface area contributed by atoms with E-state index in [1.807, 2.05) is 0 Å². The summed E-state index contributed by atoms with van der Waals surface area (Å²) in [5.41, 5.74) is 0. The van der Waals surface area contributed by atoms with Crippen molar-refractivity contribution >= 4 is 27.6 Å². The first kappa shape index (κ1) is 16.3. The van der Waals surface area contributed by atoms with E-state index in [0.29, 0.717) is 5.75 Å². The minimum Gasteiger partial charge on any atom is -0.507 e. The Balaban J connectivity index is 0.000000437. The van der Waals surface area contributed by atoms with Gasteiger partial charge in [0.25, 0.3) is 0 Å². The van der Waals surface area contributed by atoms with E-state index in [4.69, 9.17) is 29.1 Å². The van der Waals surface area contributed by atoms with Crippen molar-refractivity contribution < 1.29 is 35.2 Å². The van der Waals surface area contributed by atoms with Crippen molar-refractivity contribution in [1.82, 2.24) is 0 Å². The number of ether oxygens (including phenoxy) is 1. The highest BCUT2D eigenvalue weighted by Gasteiger charge is 2.06. The van der Waals surface area contributed by atoms with Crippen molar-refractivity contribution in [3.63, 3.8) is 0 Å². The molecule has 0 spiro atoms. The first-order valence-corrected chi connectivity index (χ1v) is 8.26. The van der Waals surface area contributed by atoms with Gasteiger partial charge in [0.05, 0.1) is 7.11 Å². The van der Waals surface area contributed by atoms with Gasteiger partial charge in [0.15, 0.2) is 0 Å². The largest absolute Gasteiger partial charge is 0.507 e. The Hall–Kier alpha value is -0.740. The zero-order valence-corrected chi connectivity index (χ0v) is 11.5. The molecule has 0 amide bonds. The van der Waals surface area contributed by atoms with Gasteiger partial charge >= 0.3 is 27.6 Å². The Morgan fingerprint density at radius 2 is 1.71 bits per heavy atom. The van der Waals surface area contributed by atoms with Gasteiger partial charge in [0, 0.05) is 6.07 Å². The molecule has 0 heterocycles. The monoisotopic (exact) mass is 380 g/mol. The molecule has 17 heavy (non-hydrogen) atoms. The van der Waals surface area contributed by atoms with E-state index in [-0.39, 0.29) is 9.32 Å². The molecule has 0 fully saturated rings. The molecule has 98 valence electrons. The van der Waals surface area contributed by atoms with Gasteiger partial charge in [0.2, 0.25) is 0 Å². The molecule has 1 aromatic rings. The third kappa shape index (κ3) is 8.05. The Morgan fingerprint density at radius 3 is 2.00 bits per heavy atom. The number of phosphoric acid groups is 1. The molecule has 4 N–H and O–H groups in total. The summed E-state index contributed by atoms with van der Waals surface area (Å²) in [6.07, 6.45) is 0. The predicted molar refractivity (Wildman–Crippen MR) is 63.0 cm³/mol. The second kappa shape index (κ2) is 6.87. The minimum absolute atomic E-state index is 0.000000000000000444. The van der Waals surface area contributed by atoms with Crippen LogP contribution in [0.25, 0.3) is 0 Å². The summed E-state index contributed by atoms with van der Waals surface area (Å²) in [5.74, 6) is 0.193. The SMILES string of the molecule is COc1ccc(I(=O)=O)c(O)c1.O=P(O)(O)O. The van der Waals surface area contributed by atoms with Gasteiger partial charge in [-0.1, -0.05) is 0 Å². The van der Waals surface area contributed by atoms with Crippen LogP contribution in [0.3, 0.4) is 0 Å². The first-order chi connectivity index (χ1) is 7.65. The lowest BCUT2D eigenvalue weighted by atomic mass is 10.3. The van der Waals surface area contributed by atoms with Gasteiger partial charge in [-0.2, -0.15) is 0 Å². The summed E-state index contributed by atoms with van der Waals surface area (Å²) in [4.78, 5) is 21.6. The Morgan fingerprint density at radius 1 is 1.24 bits per heavy atom. The lowest BCUT2D eigenvalue weighted by Gasteiger charge is -1.99. The highest BCUT2D eigenvalue weighted by atomic mass is 127. The number of phenols is 1. The molecule has 0 unspecified atom stereocenters. The summed E-state index contributed by atoms with van der Waals surface area (Å²) < 4.78 is 34.8. The van der Waals surface area contributed by atoms with Crippen LogP contribution in [0.5, 0.6) is 11.5 Å². The van der Waals surface area contributed by atoms with Crippen LogP contribution >= 0.6 is 27.6 Å². The quantitative estimate of drug-likeness (QED) is 0.437. The summed E-state index contributed by atoms with van der Waals surface area (Å²) in [7, 11) is -3.20. The topological polar surface area (TPSA) is 141 Å². The standard InChI is InChI=1S/C7H7IO4.H3O4P/c1-12-5-2-3-6(8(10)11)7(9)4-5;1-5(2,3)4/h2-4,9H,1H3;(H3,1,2,3,4). The Labute approximate surface area is 103 Å². The molecule has 8 nitrogen and oxygen atoms in total. The van der Waals surface area contributed by atoms with Gasteiger partial charge in [-0.15, -0.1) is 0 Å². The average Bonchev–Trinajstić information content (AvgIpc) is 2.14. The lowest BCUT2D eigenvalue weighted by molar-refractivity contribution is 0.275. The number of hydrogen-bond acceptors (Lipinski definition) is 5. The number of phenolic OH excluding ortho intramolecular Hbond substituents is 1. The molecule has 0 aliphatic heterocycles. The second-order valence-electron chi connectivity index (χ2n) is 2.55. The summed E-state index contributed by atoms with van der Waals surface area (Å²) in [6.45, 7) is 0.